The van der Waals surface area contributed by atoms with E-state index in [0.29, 0.717) is 22.1 Å². The van der Waals surface area contributed by atoms with E-state index in [1.807, 2.05) is 29.6 Å². The Morgan fingerprint density at radius 2 is 1.97 bits per heavy atom. The van der Waals surface area contributed by atoms with Gasteiger partial charge in [0.05, 0.1) is 25.5 Å². The largest absolute Gasteiger partial charge is 0.497 e. The number of methoxy groups -OCH3 is 2. The maximum absolute atomic E-state index is 11.2. The number of thiazole rings is 1. The molecule has 0 saturated heterocycles. The number of benzene rings is 2. The van der Waals surface area contributed by atoms with Crippen LogP contribution >= 0.6 is 11.3 Å². The zero-order valence-electron chi connectivity index (χ0n) is 16.1. The molecule has 3 rings (SSSR count). The minimum atomic E-state index is -0.433. The molecule has 1 aromatic heterocycles. The molecule has 0 radical (unpaired) electrons. The Kier molecular flexibility index (Phi) is 6.27. The standard InChI is InChI=1S/C22H18N2O4S/c1-14(25)28-20-8-7-15(10-21(20)27-3)9-17(12-23)22-24-19(13-29-22)16-5-4-6-18(11-16)26-2/h4-11,13H,1-3H3. The first-order chi connectivity index (χ1) is 14.0. The van der Waals surface area contributed by atoms with Crippen LogP contribution < -0.4 is 14.2 Å². The van der Waals surface area contributed by atoms with Crippen LogP contribution in [0, 0.1) is 11.3 Å². The Morgan fingerprint density at radius 3 is 2.66 bits per heavy atom. The van der Waals surface area contributed by atoms with Crippen molar-refractivity contribution in [3.05, 3.63) is 58.4 Å². The van der Waals surface area contributed by atoms with Gasteiger partial charge in [0, 0.05) is 17.9 Å². The average Bonchev–Trinajstić information content (AvgIpc) is 3.22. The number of hydrogen-bond donors (Lipinski definition) is 0. The third-order valence-electron chi connectivity index (χ3n) is 3.97. The van der Waals surface area contributed by atoms with Crippen LogP contribution in [0.15, 0.2) is 47.8 Å². The van der Waals surface area contributed by atoms with E-state index >= 15 is 0 Å². The van der Waals surface area contributed by atoms with E-state index in [4.69, 9.17) is 14.2 Å². The zero-order chi connectivity index (χ0) is 20.8. The van der Waals surface area contributed by atoms with Crippen LogP contribution in [0.1, 0.15) is 17.5 Å². The Hall–Kier alpha value is -3.63. The van der Waals surface area contributed by atoms with Crippen LogP contribution in [0.25, 0.3) is 22.9 Å². The molecule has 0 bridgehead atoms. The number of hydrogen-bond acceptors (Lipinski definition) is 7. The number of rotatable bonds is 6. The van der Waals surface area contributed by atoms with Gasteiger partial charge in [-0.3, -0.25) is 4.79 Å². The molecule has 146 valence electrons. The molecule has 0 aliphatic heterocycles. The Bertz CT molecular complexity index is 1110. The predicted octanol–water partition coefficient (Wildman–Crippen LogP) is 4.82. The maximum Gasteiger partial charge on any atom is 0.308 e. The summed E-state index contributed by atoms with van der Waals surface area (Å²) in [7, 11) is 3.10. The molecule has 7 heteroatoms. The summed E-state index contributed by atoms with van der Waals surface area (Å²) >= 11 is 1.39. The highest BCUT2D eigenvalue weighted by atomic mass is 32.1. The van der Waals surface area contributed by atoms with E-state index in [1.165, 1.54) is 25.4 Å². The van der Waals surface area contributed by atoms with Crippen molar-refractivity contribution < 1.29 is 19.0 Å². The summed E-state index contributed by atoms with van der Waals surface area (Å²) in [6, 6.07) is 14.9. The lowest BCUT2D eigenvalue weighted by Gasteiger charge is -2.08. The first kappa shape index (κ1) is 20.1. The fourth-order valence-electron chi connectivity index (χ4n) is 2.63. The smallest absolute Gasteiger partial charge is 0.308 e. The molecule has 0 spiro atoms. The lowest BCUT2D eigenvalue weighted by atomic mass is 10.1. The molecular weight excluding hydrogens is 388 g/mol. The molecule has 2 aromatic carbocycles. The van der Waals surface area contributed by atoms with Crippen molar-refractivity contribution in [3.8, 4) is 34.6 Å². The third kappa shape index (κ3) is 4.81. The molecular formula is C22H18N2O4S. The molecule has 6 nitrogen and oxygen atoms in total. The Labute approximate surface area is 172 Å². The van der Waals surface area contributed by atoms with Crippen LogP contribution in [0.4, 0.5) is 0 Å². The number of nitrogens with zero attached hydrogens (tertiary/aromatic N) is 2. The molecule has 29 heavy (non-hydrogen) atoms. The van der Waals surface area contributed by atoms with Crippen molar-refractivity contribution in [1.29, 1.82) is 5.26 Å². The van der Waals surface area contributed by atoms with Gasteiger partial charge in [-0.05, 0) is 35.9 Å². The highest BCUT2D eigenvalue weighted by Gasteiger charge is 2.12. The fourth-order valence-corrected chi connectivity index (χ4v) is 3.43. The van der Waals surface area contributed by atoms with Crippen molar-refractivity contribution in [1.82, 2.24) is 4.98 Å². The van der Waals surface area contributed by atoms with E-state index in [0.717, 1.165) is 22.6 Å². The van der Waals surface area contributed by atoms with Gasteiger partial charge in [0.15, 0.2) is 11.5 Å². The van der Waals surface area contributed by atoms with Gasteiger partial charge in [-0.2, -0.15) is 5.26 Å². The maximum atomic E-state index is 11.2. The molecule has 0 atom stereocenters. The predicted molar refractivity (Wildman–Crippen MR) is 112 cm³/mol. The van der Waals surface area contributed by atoms with Crippen LogP contribution in [0.3, 0.4) is 0 Å². The van der Waals surface area contributed by atoms with Crippen LogP contribution in [-0.4, -0.2) is 25.2 Å². The van der Waals surface area contributed by atoms with Gasteiger partial charge in [0.25, 0.3) is 0 Å². The minimum absolute atomic E-state index is 0.324. The minimum Gasteiger partial charge on any atom is -0.497 e. The molecule has 0 saturated carbocycles. The second-order valence-corrected chi connectivity index (χ2v) is 6.80. The van der Waals surface area contributed by atoms with Crippen LogP contribution in [0.5, 0.6) is 17.2 Å². The summed E-state index contributed by atoms with van der Waals surface area (Å²) in [5.41, 5.74) is 2.84. The van der Waals surface area contributed by atoms with E-state index in [1.54, 1.807) is 31.4 Å². The molecule has 3 aromatic rings. The number of aromatic nitrogens is 1. The summed E-state index contributed by atoms with van der Waals surface area (Å²) in [6.07, 6.45) is 1.72. The fraction of sp³-hybridized carbons (Fsp3) is 0.136. The van der Waals surface area contributed by atoms with E-state index in [-0.39, 0.29) is 0 Å². The van der Waals surface area contributed by atoms with Crippen molar-refractivity contribution >= 4 is 29.0 Å². The molecule has 0 N–H and O–H groups in total. The van der Waals surface area contributed by atoms with Gasteiger partial charge in [-0.15, -0.1) is 11.3 Å². The van der Waals surface area contributed by atoms with E-state index < -0.39 is 5.97 Å². The van der Waals surface area contributed by atoms with Crippen molar-refractivity contribution in [2.75, 3.05) is 14.2 Å². The first-order valence-electron chi connectivity index (χ1n) is 8.62. The van der Waals surface area contributed by atoms with Gasteiger partial charge < -0.3 is 14.2 Å². The Morgan fingerprint density at radius 1 is 1.14 bits per heavy atom. The summed E-state index contributed by atoms with van der Waals surface area (Å²) < 4.78 is 15.6. The second-order valence-electron chi connectivity index (χ2n) is 5.94. The summed E-state index contributed by atoms with van der Waals surface area (Å²) in [6.45, 7) is 1.32. The van der Waals surface area contributed by atoms with E-state index in [9.17, 15) is 10.1 Å². The van der Waals surface area contributed by atoms with Gasteiger partial charge in [-0.25, -0.2) is 4.98 Å². The first-order valence-corrected chi connectivity index (χ1v) is 9.50. The normalized spacial score (nSPS) is 10.9. The molecule has 0 fully saturated rings. The SMILES string of the molecule is COc1cccc(-c2csc(C(C#N)=Cc3ccc(OC(C)=O)c(OC)c3)n2)c1. The van der Waals surface area contributed by atoms with Gasteiger partial charge in [-0.1, -0.05) is 18.2 Å². The Balaban J connectivity index is 1.92. The van der Waals surface area contributed by atoms with Crippen molar-refractivity contribution in [3.63, 3.8) is 0 Å². The van der Waals surface area contributed by atoms with E-state index in [2.05, 4.69) is 11.1 Å². The lowest BCUT2D eigenvalue weighted by Crippen LogP contribution is -2.03. The number of carbonyl (C=O) groups is 1. The number of nitriles is 1. The van der Waals surface area contributed by atoms with Crippen molar-refractivity contribution in [2.45, 2.75) is 6.92 Å². The highest BCUT2D eigenvalue weighted by Crippen LogP contribution is 2.32. The summed E-state index contributed by atoms with van der Waals surface area (Å²) in [5.74, 6) is 1.04. The third-order valence-corrected chi connectivity index (χ3v) is 4.85. The van der Waals surface area contributed by atoms with Gasteiger partial charge in [0.2, 0.25) is 0 Å². The molecule has 0 amide bonds. The lowest BCUT2D eigenvalue weighted by molar-refractivity contribution is -0.132. The number of ether oxygens (including phenoxy) is 3. The quantitative estimate of drug-likeness (QED) is 0.332. The molecule has 0 aliphatic carbocycles. The van der Waals surface area contributed by atoms with Crippen molar-refractivity contribution in [2.24, 2.45) is 0 Å². The summed E-state index contributed by atoms with van der Waals surface area (Å²) in [5, 5.41) is 12.1. The zero-order valence-corrected chi connectivity index (χ0v) is 16.9. The molecule has 1 heterocycles. The summed E-state index contributed by atoms with van der Waals surface area (Å²) in [4.78, 5) is 15.8. The van der Waals surface area contributed by atoms with Crippen LogP contribution in [-0.2, 0) is 4.79 Å². The highest BCUT2D eigenvalue weighted by molar-refractivity contribution is 7.11. The monoisotopic (exact) mass is 406 g/mol. The van der Waals surface area contributed by atoms with Gasteiger partial charge in [0.1, 0.15) is 16.8 Å². The van der Waals surface area contributed by atoms with Gasteiger partial charge >= 0.3 is 5.97 Å². The topological polar surface area (TPSA) is 81.4 Å². The number of carbonyl (C=O) groups excluding carboxylic acids is 1. The molecule has 0 aliphatic rings. The van der Waals surface area contributed by atoms with Crippen LogP contribution in [0.2, 0.25) is 0 Å². The molecule has 0 unspecified atom stereocenters. The number of esters is 1. The number of allylic oxidation sites excluding steroid dienone is 1. The average molecular weight is 406 g/mol. The second kappa shape index (κ2) is 9.04.